The van der Waals surface area contributed by atoms with E-state index in [1.165, 1.54) is 32.7 Å². The van der Waals surface area contributed by atoms with Gasteiger partial charge in [0.1, 0.15) is 11.3 Å². The third kappa shape index (κ3) is 4.83. The van der Waals surface area contributed by atoms with Crippen LogP contribution in [0.3, 0.4) is 0 Å². The molecule has 0 radical (unpaired) electrons. The molecule has 0 fully saturated rings. The molecule has 0 spiro atoms. The first kappa shape index (κ1) is 27.9. The van der Waals surface area contributed by atoms with Gasteiger partial charge in [-0.15, -0.1) is 0 Å². The SMILES string of the molecule is c1ccc(-c2c(-c3ccccc3N(c3ccc(-c4cccc5ccccc45)cc3)c3ccc4ccccc4c3)oc3ccccc23)cc1. The molecule has 1 aromatic heterocycles. The maximum absolute atomic E-state index is 6.76. The maximum Gasteiger partial charge on any atom is 0.145 e. The lowest BCUT2D eigenvalue weighted by Crippen LogP contribution is -2.11. The second-order valence-corrected chi connectivity index (χ2v) is 12.1. The molecule has 0 atom stereocenters. The first-order chi connectivity index (χ1) is 23.8. The summed E-state index contributed by atoms with van der Waals surface area (Å²) in [6.45, 7) is 0. The molecule has 9 rings (SSSR count). The van der Waals surface area contributed by atoms with Crippen molar-refractivity contribution in [3.63, 3.8) is 0 Å². The third-order valence-corrected chi connectivity index (χ3v) is 9.26. The van der Waals surface area contributed by atoms with Gasteiger partial charge >= 0.3 is 0 Å². The van der Waals surface area contributed by atoms with Gasteiger partial charge in [-0.25, -0.2) is 0 Å². The molecule has 0 saturated carbocycles. The van der Waals surface area contributed by atoms with E-state index >= 15 is 0 Å². The lowest BCUT2D eigenvalue weighted by atomic mass is 9.96. The number of anilines is 3. The zero-order valence-electron chi connectivity index (χ0n) is 26.3. The van der Waals surface area contributed by atoms with Crippen molar-refractivity contribution < 1.29 is 4.42 Å². The summed E-state index contributed by atoms with van der Waals surface area (Å²) in [6.07, 6.45) is 0. The van der Waals surface area contributed by atoms with Gasteiger partial charge in [0.05, 0.1) is 5.69 Å². The van der Waals surface area contributed by atoms with Gasteiger partial charge in [0, 0.05) is 27.9 Å². The summed E-state index contributed by atoms with van der Waals surface area (Å²) in [6, 6.07) is 66.8. The van der Waals surface area contributed by atoms with E-state index < -0.39 is 0 Å². The van der Waals surface area contributed by atoms with E-state index in [0.29, 0.717) is 0 Å². The number of benzene rings is 8. The molecular weight excluding hydrogens is 583 g/mol. The van der Waals surface area contributed by atoms with Crippen molar-refractivity contribution in [3.05, 3.63) is 188 Å². The predicted molar refractivity (Wildman–Crippen MR) is 202 cm³/mol. The van der Waals surface area contributed by atoms with Crippen molar-refractivity contribution in [1.29, 1.82) is 0 Å². The van der Waals surface area contributed by atoms with Crippen LogP contribution in [0.15, 0.2) is 192 Å². The number of rotatable bonds is 6. The summed E-state index contributed by atoms with van der Waals surface area (Å²) in [5.74, 6) is 0.858. The lowest BCUT2D eigenvalue weighted by Gasteiger charge is -2.28. The molecule has 2 heteroatoms. The number of hydrogen-bond acceptors (Lipinski definition) is 2. The van der Waals surface area contributed by atoms with Gasteiger partial charge in [0.25, 0.3) is 0 Å². The minimum Gasteiger partial charge on any atom is -0.455 e. The molecule has 0 aliphatic carbocycles. The molecule has 0 saturated heterocycles. The van der Waals surface area contributed by atoms with Crippen LogP contribution in [-0.4, -0.2) is 0 Å². The van der Waals surface area contributed by atoms with Crippen molar-refractivity contribution in [1.82, 2.24) is 0 Å². The number of furan rings is 1. The van der Waals surface area contributed by atoms with E-state index in [-0.39, 0.29) is 0 Å². The normalized spacial score (nSPS) is 11.3. The van der Waals surface area contributed by atoms with Crippen LogP contribution in [0.5, 0.6) is 0 Å². The van der Waals surface area contributed by atoms with Crippen molar-refractivity contribution >= 4 is 49.6 Å². The Labute approximate surface area is 279 Å². The smallest absolute Gasteiger partial charge is 0.145 e. The zero-order valence-corrected chi connectivity index (χ0v) is 26.3. The van der Waals surface area contributed by atoms with Crippen LogP contribution in [0.2, 0.25) is 0 Å². The van der Waals surface area contributed by atoms with Crippen molar-refractivity contribution in [2.24, 2.45) is 0 Å². The lowest BCUT2D eigenvalue weighted by molar-refractivity contribution is 0.632. The summed E-state index contributed by atoms with van der Waals surface area (Å²) in [4.78, 5) is 2.36. The fourth-order valence-corrected chi connectivity index (χ4v) is 7.00. The first-order valence-corrected chi connectivity index (χ1v) is 16.4. The van der Waals surface area contributed by atoms with Crippen LogP contribution < -0.4 is 4.90 Å². The molecule has 0 amide bonds. The molecule has 0 unspecified atom stereocenters. The fourth-order valence-electron chi connectivity index (χ4n) is 7.00. The predicted octanol–water partition coefficient (Wildman–Crippen LogP) is 13.2. The van der Waals surface area contributed by atoms with Crippen LogP contribution >= 0.6 is 0 Å². The molecule has 0 bridgehead atoms. The van der Waals surface area contributed by atoms with Gasteiger partial charge in [0.15, 0.2) is 0 Å². The minimum atomic E-state index is 0.858. The molecule has 0 aliphatic heterocycles. The first-order valence-electron chi connectivity index (χ1n) is 16.4. The van der Waals surface area contributed by atoms with Gasteiger partial charge in [0.2, 0.25) is 0 Å². The Balaban J connectivity index is 1.26. The van der Waals surface area contributed by atoms with Gasteiger partial charge in [-0.05, 0) is 80.7 Å². The summed E-state index contributed by atoms with van der Waals surface area (Å²) >= 11 is 0. The van der Waals surface area contributed by atoms with E-state index in [1.54, 1.807) is 0 Å². The molecule has 9 aromatic rings. The molecule has 0 aliphatic rings. The van der Waals surface area contributed by atoms with Gasteiger partial charge < -0.3 is 9.32 Å². The number of hydrogen-bond donors (Lipinski definition) is 0. The summed E-state index contributed by atoms with van der Waals surface area (Å²) in [5.41, 5.74) is 9.74. The van der Waals surface area contributed by atoms with E-state index in [9.17, 15) is 0 Å². The summed E-state index contributed by atoms with van der Waals surface area (Å²) in [7, 11) is 0. The highest BCUT2D eigenvalue weighted by molar-refractivity contribution is 6.04. The molecular formula is C46H31NO. The third-order valence-electron chi connectivity index (χ3n) is 9.26. The Kier molecular flexibility index (Phi) is 6.84. The van der Waals surface area contributed by atoms with Crippen LogP contribution in [0.4, 0.5) is 17.1 Å². The topological polar surface area (TPSA) is 16.4 Å². The Morgan fingerprint density at radius 3 is 1.85 bits per heavy atom. The minimum absolute atomic E-state index is 0.858. The zero-order chi connectivity index (χ0) is 31.9. The monoisotopic (exact) mass is 613 g/mol. The van der Waals surface area contributed by atoms with Gasteiger partial charge in [-0.1, -0.05) is 146 Å². The van der Waals surface area contributed by atoms with E-state index in [1.807, 2.05) is 6.07 Å². The summed E-state index contributed by atoms with van der Waals surface area (Å²) < 4.78 is 6.76. The molecule has 226 valence electrons. The van der Waals surface area contributed by atoms with Crippen molar-refractivity contribution in [2.45, 2.75) is 0 Å². The molecule has 1 heterocycles. The quantitative estimate of drug-likeness (QED) is 0.185. The molecule has 2 nitrogen and oxygen atoms in total. The van der Waals surface area contributed by atoms with Crippen molar-refractivity contribution in [3.8, 4) is 33.6 Å². The highest BCUT2D eigenvalue weighted by Crippen LogP contribution is 2.47. The molecule has 8 aromatic carbocycles. The standard InChI is InChI=1S/C46H31NO/c1-2-15-35(16-3-1)45-42-21-9-11-24-44(42)48-46(45)41-20-8-10-23-43(41)47(38-30-25-32-13-4-5-17-36(32)31-38)37-28-26-34(27-29-37)40-22-12-18-33-14-6-7-19-39(33)40/h1-31H. The number of para-hydroxylation sites is 2. The Bertz CT molecular complexity index is 2560. The molecule has 48 heavy (non-hydrogen) atoms. The average Bonchev–Trinajstić information content (AvgIpc) is 3.55. The second kappa shape index (κ2) is 11.8. The van der Waals surface area contributed by atoms with E-state index in [2.05, 4.69) is 187 Å². The summed E-state index contributed by atoms with van der Waals surface area (Å²) in [5, 5.41) is 6.00. The van der Waals surface area contributed by atoms with Gasteiger partial charge in [-0.2, -0.15) is 0 Å². The van der Waals surface area contributed by atoms with Crippen LogP contribution in [0.25, 0.3) is 66.1 Å². The van der Waals surface area contributed by atoms with Crippen LogP contribution in [0, 0.1) is 0 Å². The number of fused-ring (bicyclic) bond motifs is 3. The van der Waals surface area contributed by atoms with Crippen LogP contribution in [0.1, 0.15) is 0 Å². The second-order valence-electron chi connectivity index (χ2n) is 12.1. The Morgan fingerprint density at radius 2 is 1.00 bits per heavy atom. The Morgan fingerprint density at radius 1 is 0.375 bits per heavy atom. The average molecular weight is 614 g/mol. The number of nitrogens with zero attached hydrogens (tertiary/aromatic N) is 1. The highest BCUT2D eigenvalue weighted by atomic mass is 16.3. The van der Waals surface area contributed by atoms with E-state index in [4.69, 9.17) is 4.42 Å². The maximum atomic E-state index is 6.76. The van der Waals surface area contributed by atoms with Crippen LogP contribution in [-0.2, 0) is 0 Å². The highest BCUT2D eigenvalue weighted by Gasteiger charge is 2.24. The fraction of sp³-hybridized carbons (Fsp3) is 0. The largest absolute Gasteiger partial charge is 0.455 e. The van der Waals surface area contributed by atoms with E-state index in [0.717, 1.165) is 50.5 Å². The van der Waals surface area contributed by atoms with Crippen molar-refractivity contribution in [2.75, 3.05) is 4.90 Å². The van der Waals surface area contributed by atoms with Gasteiger partial charge in [-0.3, -0.25) is 0 Å². The molecule has 0 N–H and O–H groups in total. The Hall–Kier alpha value is -6.38.